The lowest BCUT2D eigenvalue weighted by atomic mass is 9.86. The van der Waals surface area contributed by atoms with Gasteiger partial charge in [-0.2, -0.15) is 0 Å². The zero-order chi connectivity index (χ0) is 37.1. The van der Waals surface area contributed by atoms with Crippen molar-refractivity contribution < 1.29 is 0 Å². The lowest BCUT2D eigenvalue weighted by Gasteiger charge is -2.28. The summed E-state index contributed by atoms with van der Waals surface area (Å²) in [6, 6.07) is 55.2. The molecule has 0 heterocycles. The Bertz CT molecular complexity index is 2010. The number of rotatable bonds is 8. The van der Waals surface area contributed by atoms with E-state index in [9.17, 15) is 0 Å². The van der Waals surface area contributed by atoms with Crippen molar-refractivity contribution >= 4 is 46.3 Å². The molecular weight excluding hydrogens is 629 g/mol. The fraction of sp³-hybridized carbons (Fsp3) is 0.240. The molecule has 0 bridgehead atoms. The van der Waals surface area contributed by atoms with Crippen LogP contribution in [0.4, 0.5) is 34.1 Å². The van der Waals surface area contributed by atoms with Gasteiger partial charge in [-0.15, -0.1) is 0 Å². The summed E-state index contributed by atoms with van der Waals surface area (Å²) >= 11 is 0. The highest BCUT2D eigenvalue weighted by molar-refractivity contribution is 5.80. The van der Waals surface area contributed by atoms with Gasteiger partial charge in [0, 0.05) is 34.1 Å². The average Bonchev–Trinajstić information content (AvgIpc) is 3.12. The van der Waals surface area contributed by atoms with Crippen LogP contribution in [0.1, 0.15) is 90.1 Å². The quantitative estimate of drug-likeness (QED) is 0.147. The summed E-state index contributed by atoms with van der Waals surface area (Å²) in [5.74, 6) is 0. The molecule has 0 atom stereocenters. The van der Waals surface area contributed by atoms with Crippen LogP contribution in [-0.2, 0) is 16.2 Å². The van der Waals surface area contributed by atoms with Crippen LogP contribution in [0.5, 0.6) is 0 Å². The van der Waals surface area contributed by atoms with Gasteiger partial charge in [0.2, 0.25) is 0 Å². The van der Waals surface area contributed by atoms with E-state index < -0.39 is 0 Å². The Morgan fingerprint density at radius 3 is 0.769 bits per heavy atom. The Balaban J connectivity index is 1.25. The Morgan fingerprint density at radius 1 is 0.288 bits per heavy atom. The molecule has 6 aromatic carbocycles. The van der Waals surface area contributed by atoms with Crippen LogP contribution >= 0.6 is 0 Å². The van der Waals surface area contributed by atoms with Crippen molar-refractivity contribution in [2.24, 2.45) is 0 Å². The maximum absolute atomic E-state index is 2.35. The predicted octanol–water partition coefficient (Wildman–Crippen LogP) is 14.7. The van der Waals surface area contributed by atoms with E-state index in [4.69, 9.17) is 0 Å². The molecule has 0 fully saturated rings. The number of nitrogens with zero attached hydrogens (tertiary/aromatic N) is 2. The molecule has 0 N–H and O–H groups in total. The molecule has 2 heteroatoms. The van der Waals surface area contributed by atoms with Gasteiger partial charge in [0.25, 0.3) is 0 Å². The molecule has 52 heavy (non-hydrogen) atoms. The van der Waals surface area contributed by atoms with Crippen LogP contribution in [0.25, 0.3) is 12.2 Å². The fourth-order valence-electron chi connectivity index (χ4n) is 6.46. The third-order valence-electron chi connectivity index (χ3n) is 9.76. The van der Waals surface area contributed by atoms with E-state index in [1.54, 1.807) is 0 Å². The van der Waals surface area contributed by atoms with Crippen LogP contribution < -0.4 is 9.80 Å². The summed E-state index contributed by atoms with van der Waals surface area (Å²) in [7, 11) is 0. The molecule has 0 unspecified atom stereocenters. The van der Waals surface area contributed by atoms with Gasteiger partial charge in [0.15, 0.2) is 0 Å². The van der Waals surface area contributed by atoms with Gasteiger partial charge in [-0.1, -0.05) is 153 Å². The molecule has 0 radical (unpaired) electrons. The van der Waals surface area contributed by atoms with E-state index in [0.29, 0.717) is 0 Å². The van der Waals surface area contributed by atoms with Crippen molar-refractivity contribution in [1.29, 1.82) is 0 Å². The van der Waals surface area contributed by atoms with Gasteiger partial charge in [0.1, 0.15) is 0 Å². The molecule has 0 aliphatic heterocycles. The van der Waals surface area contributed by atoms with Gasteiger partial charge in [0.05, 0.1) is 0 Å². The summed E-state index contributed by atoms with van der Waals surface area (Å²) in [4.78, 5) is 4.66. The second-order valence-electron chi connectivity index (χ2n) is 16.9. The summed E-state index contributed by atoms with van der Waals surface area (Å²) < 4.78 is 0. The first kappa shape index (κ1) is 36.5. The van der Waals surface area contributed by atoms with Crippen molar-refractivity contribution in [3.05, 3.63) is 179 Å². The van der Waals surface area contributed by atoms with E-state index in [2.05, 4.69) is 236 Å². The Hall–Kier alpha value is -5.34. The molecule has 264 valence electrons. The summed E-state index contributed by atoms with van der Waals surface area (Å²) in [5.41, 5.74) is 13.5. The summed E-state index contributed by atoms with van der Waals surface area (Å²) in [5, 5.41) is 0. The highest BCUT2D eigenvalue weighted by atomic mass is 15.1. The Labute approximate surface area is 313 Å². The lowest BCUT2D eigenvalue weighted by Crippen LogP contribution is -2.14. The maximum atomic E-state index is 2.35. The van der Waals surface area contributed by atoms with Crippen molar-refractivity contribution in [1.82, 2.24) is 0 Å². The third kappa shape index (κ3) is 8.57. The number of para-hydroxylation sites is 1. The van der Waals surface area contributed by atoms with Crippen molar-refractivity contribution in [2.75, 3.05) is 9.80 Å². The van der Waals surface area contributed by atoms with Gasteiger partial charge in [-0.3, -0.25) is 0 Å². The highest BCUT2D eigenvalue weighted by Gasteiger charge is 2.19. The molecule has 0 aromatic heterocycles. The smallest absolute Gasteiger partial charge is 0.0462 e. The lowest BCUT2D eigenvalue weighted by molar-refractivity contribution is 0.590. The molecule has 0 aliphatic rings. The molecule has 0 saturated heterocycles. The van der Waals surface area contributed by atoms with Crippen LogP contribution in [0.2, 0.25) is 0 Å². The first-order valence-corrected chi connectivity index (χ1v) is 18.5. The minimum Gasteiger partial charge on any atom is -0.311 e. The Morgan fingerprint density at radius 2 is 0.519 bits per heavy atom. The minimum absolute atomic E-state index is 0.103. The van der Waals surface area contributed by atoms with Gasteiger partial charge in [-0.05, 0) is 117 Å². The molecular formula is C50H54N2. The van der Waals surface area contributed by atoms with Crippen LogP contribution in [0.3, 0.4) is 0 Å². The molecule has 6 rings (SSSR count). The largest absolute Gasteiger partial charge is 0.311 e. The molecule has 0 saturated carbocycles. The predicted molar refractivity (Wildman–Crippen MR) is 227 cm³/mol. The van der Waals surface area contributed by atoms with Crippen LogP contribution in [-0.4, -0.2) is 0 Å². The van der Waals surface area contributed by atoms with E-state index in [1.165, 1.54) is 16.7 Å². The third-order valence-corrected chi connectivity index (χ3v) is 9.76. The summed E-state index contributed by atoms with van der Waals surface area (Å²) in [6.07, 6.45) is 4.39. The van der Waals surface area contributed by atoms with E-state index in [1.807, 2.05) is 0 Å². The zero-order valence-corrected chi connectivity index (χ0v) is 32.5. The number of benzene rings is 6. The van der Waals surface area contributed by atoms with Gasteiger partial charge >= 0.3 is 0 Å². The van der Waals surface area contributed by atoms with E-state index in [-0.39, 0.29) is 16.2 Å². The fourth-order valence-corrected chi connectivity index (χ4v) is 6.46. The number of hydrogen-bond donors (Lipinski definition) is 0. The Kier molecular flexibility index (Phi) is 10.3. The summed E-state index contributed by atoms with van der Waals surface area (Å²) in [6.45, 7) is 20.3. The molecule has 0 amide bonds. The van der Waals surface area contributed by atoms with Crippen molar-refractivity contribution in [3.63, 3.8) is 0 Å². The first-order chi connectivity index (χ1) is 24.7. The topological polar surface area (TPSA) is 6.48 Å². The standard InChI is InChI=1S/C50H54N2/c1-48(2,3)39-21-31-45(32-22-39)51(42-13-11-10-12-14-42)43-27-17-37(18-28-43)15-16-38-19-29-44(30-20-38)52(46-33-23-40(24-34-46)49(4,5)6)47-35-25-41(26-36-47)50(7,8)9/h10-36H,1-9H3. The second-order valence-corrected chi connectivity index (χ2v) is 16.9. The van der Waals surface area contributed by atoms with Crippen LogP contribution in [0.15, 0.2) is 152 Å². The van der Waals surface area contributed by atoms with E-state index in [0.717, 1.165) is 45.3 Å². The van der Waals surface area contributed by atoms with Gasteiger partial charge in [-0.25, -0.2) is 0 Å². The van der Waals surface area contributed by atoms with Crippen LogP contribution in [0, 0.1) is 0 Å². The normalized spacial score (nSPS) is 12.2. The monoisotopic (exact) mass is 682 g/mol. The second kappa shape index (κ2) is 14.7. The molecule has 0 spiro atoms. The van der Waals surface area contributed by atoms with Crippen molar-refractivity contribution in [3.8, 4) is 0 Å². The highest BCUT2D eigenvalue weighted by Crippen LogP contribution is 2.38. The molecule has 0 aliphatic carbocycles. The SMILES string of the molecule is CC(C)(C)c1ccc(N(c2ccccc2)c2ccc(C=Cc3ccc(N(c4ccc(C(C)(C)C)cc4)c4ccc(C(C)(C)C)cc4)cc3)cc2)cc1. The average molecular weight is 683 g/mol. The number of anilines is 6. The maximum Gasteiger partial charge on any atom is 0.0462 e. The van der Waals surface area contributed by atoms with Gasteiger partial charge < -0.3 is 9.80 Å². The minimum atomic E-state index is 0.103. The number of hydrogen-bond acceptors (Lipinski definition) is 2. The van der Waals surface area contributed by atoms with E-state index >= 15 is 0 Å². The first-order valence-electron chi connectivity index (χ1n) is 18.5. The zero-order valence-electron chi connectivity index (χ0n) is 32.5. The molecule has 6 aromatic rings. The molecule has 2 nitrogen and oxygen atoms in total. The van der Waals surface area contributed by atoms with Crippen molar-refractivity contribution in [2.45, 2.75) is 78.6 Å².